The summed E-state index contributed by atoms with van der Waals surface area (Å²) in [5, 5.41) is 4.93. The number of carbonyl (C=O) groups excluding carboxylic acids is 2. The minimum absolute atomic E-state index is 0.177. The molecule has 0 atom stereocenters. The number of thiazole rings is 1. The fraction of sp³-hybridized carbons (Fsp3) is 0.0909. The average Bonchev–Trinajstić information content (AvgIpc) is 3.40. The first kappa shape index (κ1) is 22.0. The summed E-state index contributed by atoms with van der Waals surface area (Å²) in [4.78, 5) is 30.9. The SMILES string of the molecule is COc1cc(/C=C2\SC(=S)N(c3ccccc3)C2=O)ccc1OCC(=O)Nc1nccs1. The highest BCUT2D eigenvalue weighted by atomic mass is 32.2. The summed E-state index contributed by atoms with van der Waals surface area (Å²) in [7, 11) is 1.51. The summed E-state index contributed by atoms with van der Waals surface area (Å²) in [5.74, 6) is 0.357. The second kappa shape index (κ2) is 9.94. The number of thiocarbonyl (C=S) groups is 1. The monoisotopic (exact) mass is 483 g/mol. The number of nitrogens with zero attached hydrogens (tertiary/aromatic N) is 2. The number of hydrogen-bond acceptors (Lipinski definition) is 8. The Kier molecular flexibility index (Phi) is 6.84. The molecule has 4 rings (SSSR count). The van der Waals surface area contributed by atoms with Crippen molar-refractivity contribution in [2.75, 3.05) is 23.9 Å². The van der Waals surface area contributed by atoms with Crippen LogP contribution in [0.1, 0.15) is 5.56 Å². The van der Waals surface area contributed by atoms with Crippen molar-refractivity contribution in [3.8, 4) is 11.5 Å². The highest BCUT2D eigenvalue weighted by Gasteiger charge is 2.33. The summed E-state index contributed by atoms with van der Waals surface area (Å²) in [6, 6.07) is 14.5. The van der Waals surface area contributed by atoms with E-state index in [-0.39, 0.29) is 18.4 Å². The van der Waals surface area contributed by atoms with Crippen LogP contribution in [0, 0.1) is 0 Å². The number of nitrogens with one attached hydrogen (secondary N) is 1. The molecule has 0 spiro atoms. The number of para-hydroxylation sites is 1. The highest BCUT2D eigenvalue weighted by molar-refractivity contribution is 8.27. The summed E-state index contributed by atoms with van der Waals surface area (Å²) >= 11 is 7.97. The molecule has 2 heterocycles. The van der Waals surface area contributed by atoms with E-state index in [0.717, 1.165) is 11.3 Å². The van der Waals surface area contributed by atoms with Gasteiger partial charge in [0, 0.05) is 11.6 Å². The lowest BCUT2D eigenvalue weighted by Gasteiger charge is -2.13. The molecule has 1 aliphatic rings. The predicted octanol–water partition coefficient (Wildman–Crippen LogP) is 4.58. The molecule has 1 aromatic heterocycles. The van der Waals surface area contributed by atoms with Crippen LogP contribution in [0.25, 0.3) is 6.08 Å². The summed E-state index contributed by atoms with van der Waals surface area (Å²) in [5.41, 5.74) is 1.48. The number of methoxy groups -OCH3 is 1. The van der Waals surface area contributed by atoms with E-state index in [2.05, 4.69) is 10.3 Å². The van der Waals surface area contributed by atoms with Gasteiger partial charge < -0.3 is 9.47 Å². The summed E-state index contributed by atoms with van der Waals surface area (Å²) < 4.78 is 11.5. The van der Waals surface area contributed by atoms with E-state index >= 15 is 0 Å². The van der Waals surface area contributed by atoms with Crippen LogP contribution in [-0.4, -0.2) is 34.8 Å². The Morgan fingerprint density at radius 2 is 2.03 bits per heavy atom. The molecule has 1 saturated heterocycles. The van der Waals surface area contributed by atoms with Crippen LogP contribution in [0.3, 0.4) is 0 Å². The van der Waals surface area contributed by atoms with Crippen molar-refractivity contribution >= 4 is 68.3 Å². The normalized spacial score (nSPS) is 14.7. The Labute approximate surface area is 198 Å². The van der Waals surface area contributed by atoms with Crippen LogP contribution < -0.4 is 19.7 Å². The van der Waals surface area contributed by atoms with Crippen molar-refractivity contribution in [1.82, 2.24) is 4.98 Å². The van der Waals surface area contributed by atoms with Gasteiger partial charge in [0.1, 0.15) is 0 Å². The average molecular weight is 484 g/mol. The zero-order chi connectivity index (χ0) is 22.5. The molecule has 0 saturated carbocycles. The fourth-order valence-electron chi connectivity index (χ4n) is 2.90. The Morgan fingerprint density at radius 3 is 2.75 bits per heavy atom. The third kappa shape index (κ3) is 4.98. The molecular weight excluding hydrogens is 466 g/mol. The molecule has 32 heavy (non-hydrogen) atoms. The van der Waals surface area contributed by atoms with Gasteiger partial charge in [-0.1, -0.05) is 48.2 Å². The van der Waals surface area contributed by atoms with Gasteiger partial charge in [-0.15, -0.1) is 11.3 Å². The van der Waals surface area contributed by atoms with Crippen LogP contribution in [0.2, 0.25) is 0 Å². The Morgan fingerprint density at radius 1 is 1.22 bits per heavy atom. The quantitative estimate of drug-likeness (QED) is 0.389. The molecule has 2 aromatic carbocycles. The molecule has 7 nitrogen and oxygen atoms in total. The number of carbonyl (C=O) groups is 2. The van der Waals surface area contributed by atoms with E-state index < -0.39 is 0 Å². The maximum absolute atomic E-state index is 12.9. The van der Waals surface area contributed by atoms with Gasteiger partial charge in [0.25, 0.3) is 11.8 Å². The van der Waals surface area contributed by atoms with Crippen molar-refractivity contribution in [2.45, 2.75) is 0 Å². The zero-order valence-corrected chi connectivity index (χ0v) is 19.3. The number of rotatable bonds is 7. The second-order valence-electron chi connectivity index (χ2n) is 6.44. The molecule has 0 aliphatic carbocycles. The van der Waals surface area contributed by atoms with E-state index in [1.54, 1.807) is 35.9 Å². The molecule has 0 unspecified atom stereocenters. The van der Waals surface area contributed by atoms with Gasteiger partial charge in [-0.05, 0) is 35.9 Å². The van der Waals surface area contributed by atoms with E-state index in [0.29, 0.717) is 25.9 Å². The third-order valence-electron chi connectivity index (χ3n) is 4.33. The molecule has 162 valence electrons. The lowest BCUT2D eigenvalue weighted by Crippen LogP contribution is -2.27. The van der Waals surface area contributed by atoms with Gasteiger partial charge >= 0.3 is 0 Å². The van der Waals surface area contributed by atoms with Crippen molar-refractivity contribution in [3.63, 3.8) is 0 Å². The van der Waals surface area contributed by atoms with Gasteiger partial charge in [0.15, 0.2) is 27.6 Å². The van der Waals surface area contributed by atoms with Crippen LogP contribution in [0.15, 0.2) is 65.0 Å². The maximum atomic E-state index is 12.9. The number of aromatic nitrogens is 1. The summed E-state index contributed by atoms with van der Waals surface area (Å²) in [6.07, 6.45) is 3.36. The molecule has 1 fully saturated rings. The minimum atomic E-state index is -0.323. The first-order valence-corrected chi connectivity index (χ1v) is 11.5. The van der Waals surface area contributed by atoms with Crippen molar-refractivity contribution in [1.29, 1.82) is 0 Å². The fourth-order valence-corrected chi connectivity index (χ4v) is 4.74. The number of benzene rings is 2. The first-order valence-electron chi connectivity index (χ1n) is 9.38. The van der Waals surface area contributed by atoms with Gasteiger partial charge in [-0.3, -0.25) is 19.8 Å². The highest BCUT2D eigenvalue weighted by Crippen LogP contribution is 2.37. The maximum Gasteiger partial charge on any atom is 0.270 e. The molecule has 0 bridgehead atoms. The first-order chi connectivity index (χ1) is 15.5. The van der Waals surface area contributed by atoms with Crippen LogP contribution in [0.4, 0.5) is 10.8 Å². The van der Waals surface area contributed by atoms with Crippen molar-refractivity contribution in [2.24, 2.45) is 0 Å². The van der Waals surface area contributed by atoms with Crippen LogP contribution >= 0.6 is 35.3 Å². The largest absolute Gasteiger partial charge is 0.493 e. The van der Waals surface area contributed by atoms with E-state index in [4.69, 9.17) is 21.7 Å². The van der Waals surface area contributed by atoms with Gasteiger partial charge in [0.2, 0.25) is 0 Å². The van der Waals surface area contributed by atoms with Crippen molar-refractivity contribution < 1.29 is 19.1 Å². The van der Waals surface area contributed by atoms with Crippen LogP contribution in [-0.2, 0) is 9.59 Å². The smallest absolute Gasteiger partial charge is 0.270 e. The molecule has 1 aliphatic heterocycles. The van der Waals surface area contributed by atoms with Crippen molar-refractivity contribution in [3.05, 3.63) is 70.6 Å². The Bertz CT molecular complexity index is 1180. The topological polar surface area (TPSA) is 80.8 Å². The van der Waals surface area contributed by atoms with E-state index in [9.17, 15) is 9.59 Å². The van der Waals surface area contributed by atoms with E-state index in [1.807, 2.05) is 30.3 Å². The zero-order valence-electron chi connectivity index (χ0n) is 16.8. The standard InChI is InChI=1S/C22H17N3O4S3/c1-28-17-11-14(7-8-16(17)29-13-19(26)24-21-23-9-10-31-21)12-18-20(27)25(22(30)32-18)15-5-3-2-4-6-15/h2-12H,13H2,1H3,(H,23,24,26)/b18-12-. The van der Waals surface area contributed by atoms with E-state index in [1.165, 1.54) is 35.1 Å². The molecule has 0 radical (unpaired) electrons. The van der Waals surface area contributed by atoms with Gasteiger partial charge in [-0.25, -0.2) is 4.98 Å². The molecule has 1 N–H and O–H groups in total. The number of hydrogen-bond donors (Lipinski definition) is 1. The third-order valence-corrected chi connectivity index (χ3v) is 6.32. The lowest BCUT2D eigenvalue weighted by molar-refractivity contribution is -0.118. The minimum Gasteiger partial charge on any atom is -0.493 e. The van der Waals surface area contributed by atoms with Gasteiger partial charge in [0.05, 0.1) is 17.7 Å². The molecule has 2 amide bonds. The molecule has 10 heteroatoms. The number of thioether (sulfide) groups is 1. The lowest BCUT2D eigenvalue weighted by atomic mass is 10.2. The predicted molar refractivity (Wildman–Crippen MR) is 131 cm³/mol. The second-order valence-corrected chi connectivity index (χ2v) is 9.01. The molecular formula is C22H17N3O4S3. The number of anilines is 2. The number of ether oxygens (including phenoxy) is 2. The number of amides is 2. The molecule has 3 aromatic rings. The Hall–Kier alpha value is -3.21. The van der Waals surface area contributed by atoms with Gasteiger partial charge in [-0.2, -0.15) is 0 Å². The summed E-state index contributed by atoms with van der Waals surface area (Å²) in [6.45, 7) is -0.189. The van der Waals surface area contributed by atoms with Crippen LogP contribution in [0.5, 0.6) is 11.5 Å². The Balaban J connectivity index is 1.46.